The van der Waals surface area contributed by atoms with Gasteiger partial charge in [-0.3, -0.25) is 43.3 Å². The number of fused-ring (bicyclic) bond motifs is 1. The van der Waals surface area contributed by atoms with Gasteiger partial charge < -0.3 is 43.4 Å². The maximum absolute atomic E-state index is 14.2. The second-order valence-electron chi connectivity index (χ2n) is 14.7. The molecule has 2 aliphatic heterocycles. The Labute approximate surface area is 328 Å². The highest BCUT2D eigenvalue weighted by Gasteiger charge is 2.40. The number of primary amides is 1. The maximum Gasteiger partial charge on any atom is 0.245 e. The number of rotatable bonds is 13. The molecule has 0 aliphatic carbocycles. The zero-order valence-corrected chi connectivity index (χ0v) is 32.6. The van der Waals surface area contributed by atoms with Crippen molar-refractivity contribution in [1.29, 1.82) is 0 Å². The van der Waals surface area contributed by atoms with E-state index in [0.29, 0.717) is 25.7 Å². The van der Waals surface area contributed by atoms with Crippen molar-refractivity contribution in [1.82, 2.24) is 26.2 Å². The molecule has 0 bridgehead atoms. The maximum atomic E-state index is 14.2. The third-order valence-corrected chi connectivity index (χ3v) is 10.2. The van der Waals surface area contributed by atoms with E-state index in [4.69, 9.17) is 17.2 Å². The SMILES string of the molecule is CCCC[C@H](NC(C)=O)C(=O)N[C@H]1CCC(=O)NCC[C@@H](C(N)=O)CC(=O)[C@H](CCCN=C(N)N)CC(=O)[C@@H](Cc2ccccc2)NC(=O)[C@@H]2CCCN2C1=O. The van der Waals surface area contributed by atoms with Crippen molar-refractivity contribution in [2.75, 3.05) is 19.6 Å². The highest BCUT2D eigenvalue weighted by Crippen LogP contribution is 2.24. The van der Waals surface area contributed by atoms with Crippen molar-refractivity contribution >= 4 is 53.0 Å². The lowest BCUT2D eigenvalue weighted by Crippen LogP contribution is -2.57. The van der Waals surface area contributed by atoms with Crippen molar-refractivity contribution in [3.8, 4) is 0 Å². The van der Waals surface area contributed by atoms with Crippen molar-refractivity contribution in [3.63, 3.8) is 0 Å². The minimum atomic E-state index is -1.22. The molecule has 2 saturated heterocycles. The number of nitrogens with two attached hydrogens (primary N) is 3. The average Bonchev–Trinajstić information content (AvgIpc) is 3.65. The minimum absolute atomic E-state index is 0.00776. The van der Waals surface area contributed by atoms with Crippen molar-refractivity contribution in [2.24, 2.45) is 34.0 Å². The van der Waals surface area contributed by atoms with Gasteiger partial charge in [0.1, 0.15) is 23.9 Å². The van der Waals surface area contributed by atoms with Crippen LogP contribution in [-0.4, -0.2) is 102 Å². The molecule has 0 radical (unpaired) electrons. The number of benzene rings is 1. The van der Waals surface area contributed by atoms with Crippen LogP contribution in [0.2, 0.25) is 0 Å². The fourth-order valence-corrected chi connectivity index (χ4v) is 7.13. The van der Waals surface area contributed by atoms with E-state index in [1.807, 2.05) is 25.1 Å². The zero-order valence-electron chi connectivity index (χ0n) is 32.6. The molecular formula is C39H59N9O8. The molecule has 17 heteroatoms. The van der Waals surface area contributed by atoms with Gasteiger partial charge in [0, 0.05) is 57.7 Å². The summed E-state index contributed by atoms with van der Waals surface area (Å²) in [5, 5.41) is 10.9. The number of nitrogens with one attached hydrogen (secondary N) is 4. The third kappa shape index (κ3) is 14.7. The van der Waals surface area contributed by atoms with Crippen LogP contribution in [0.15, 0.2) is 35.3 Å². The summed E-state index contributed by atoms with van der Waals surface area (Å²) < 4.78 is 0. The van der Waals surface area contributed by atoms with Gasteiger partial charge in [-0.2, -0.15) is 0 Å². The number of amides is 6. The minimum Gasteiger partial charge on any atom is -0.370 e. The normalized spacial score (nSPS) is 23.6. The predicted octanol–water partition coefficient (Wildman–Crippen LogP) is -0.126. The standard InChI is InChI=1S/C39H59N9O8/c1-3-4-13-28(45-24(2)49)36(54)46-29-15-16-34(52)43-19-17-27(35(40)53)23-32(50)26(12-8-18-44-39(41)42)22-33(51)30(21-25-10-6-5-7-11-25)47-37(55)31-14-9-20-48(31)38(29)56/h5-7,10-11,26-31H,3-4,8-9,12-23H2,1-2H3,(H2,40,53)(H,43,52)(H,45,49)(H,46,54)(H,47,55)(H4,41,42,44)/t26-,27-,28+,29+,30-,31+/m1/s1. The molecule has 0 aromatic heterocycles. The molecule has 2 heterocycles. The first-order valence-electron chi connectivity index (χ1n) is 19.6. The van der Waals surface area contributed by atoms with Crippen LogP contribution in [0.5, 0.6) is 0 Å². The van der Waals surface area contributed by atoms with Gasteiger partial charge in [0.05, 0.1) is 6.04 Å². The summed E-state index contributed by atoms with van der Waals surface area (Å²) in [4.78, 5) is 113. The van der Waals surface area contributed by atoms with E-state index in [2.05, 4.69) is 26.3 Å². The summed E-state index contributed by atoms with van der Waals surface area (Å²) in [6.45, 7) is 3.62. The molecule has 6 amide bonds. The highest BCUT2D eigenvalue weighted by molar-refractivity contribution is 5.97. The molecule has 6 atom stereocenters. The molecule has 0 saturated carbocycles. The van der Waals surface area contributed by atoms with Gasteiger partial charge in [-0.05, 0) is 56.9 Å². The van der Waals surface area contributed by atoms with E-state index in [-0.39, 0.29) is 82.7 Å². The Balaban J connectivity index is 2.00. The summed E-state index contributed by atoms with van der Waals surface area (Å²) in [5.41, 5.74) is 17.4. The Bertz CT molecular complexity index is 1580. The fourth-order valence-electron chi connectivity index (χ4n) is 7.13. The Morgan fingerprint density at radius 3 is 2.36 bits per heavy atom. The topological polar surface area (TPSA) is 278 Å². The van der Waals surface area contributed by atoms with Crippen LogP contribution < -0.4 is 38.5 Å². The first-order chi connectivity index (χ1) is 26.7. The molecule has 0 unspecified atom stereocenters. The number of guanidine groups is 1. The van der Waals surface area contributed by atoms with Crippen LogP contribution in [0, 0.1) is 11.8 Å². The number of nitrogens with zero attached hydrogens (tertiary/aromatic N) is 2. The smallest absolute Gasteiger partial charge is 0.245 e. The van der Waals surface area contributed by atoms with E-state index in [0.717, 1.165) is 12.0 Å². The van der Waals surface area contributed by atoms with E-state index in [1.54, 1.807) is 12.1 Å². The second kappa shape index (κ2) is 22.9. The van der Waals surface area contributed by atoms with Gasteiger partial charge in [-0.1, -0.05) is 50.1 Å². The number of Topliss-reactive ketones (excluding diaryl/α,β-unsaturated/α-hetero) is 2. The van der Waals surface area contributed by atoms with Gasteiger partial charge in [0.2, 0.25) is 35.4 Å². The number of carbonyl (C=O) groups is 8. The van der Waals surface area contributed by atoms with Crippen LogP contribution in [0.4, 0.5) is 0 Å². The van der Waals surface area contributed by atoms with E-state index in [1.165, 1.54) is 11.8 Å². The monoisotopic (exact) mass is 781 g/mol. The lowest BCUT2D eigenvalue weighted by molar-refractivity contribution is -0.142. The lowest BCUT2D eigenvalue weighted by atomic mass is 9.84. The fraction of sp³-hybridized carbons (Fsp3) is 0.615. The van der Waals surface area contributed by atoms with E-state index < -0.39 is 77.2 Å². The third-order valence-electron chi connectivity index (χ3n) is 10.2. The molecule has 0 spiro atoms. The first kappa shape index (κ1) is 45.0. The summed E-state index contributed by atoms with van der Waals surface area (Å²) in [6, 6.07) is 4.85. The van der Waals surface area contributed by atoms with Gasteiger partial charge in [0.25, 0.3) is 0 Å². The molecule has 10 N–H and O–H groups in total. The Hall–Kier alpha value is -5.35. The molecule has 1 aromatic carbocycles. The van der Waals surface area contributed by atoms with Crippen molar-refractivity contribution < 1.29 is 38.4 Å². The van der Waals surface area contributed by atoms with Crippen molar-refractivity contribution in [2.45, 2.75) is 121 Å². The number of aliphatic imine (C=N–C) groups is 1. The number of ketones is 2. The Morgan fingerprint density at radius 2 is 1.70 bits per heavy atom. The molecular weight excluding hydrogens is 722 g/mol. The van der Waals surface area contributed by atoms with Crippen LogP contribution in [-0.2, 0) is 44.8 Å². The van der Waals surface area contributed by atoms with Gasteiger partial charge in [-0.15, -0.1) is 0 Å². The largest absolute Gasteiger partial charge is 0.370 e. The van der Waals surface area contributed by atoms with Crippen LogP contribution in [0.1, 0.15) is 96.5 Å². The summed E-state index contributed by atoms with van der Waals surface area (Å²) >= 11 is 0. The van der Waals surface area contributed by atoms with Gasteiger partial charge in [-0.25, -0.2) is 0 Å². The number of unbranched alkanes of at least 4 members (excludes halogenated alkanes) is 1. The Morgan fingerprint density at radius 1 is 0.964 bits per heavy atom. The Kier molecular flexibility index (Phi) is 18.4. The van der Waals surface area contributed by atoms with E-state index >= 15 is 0 Å². The summed E-state index contributed by atoms with van der Waals surface area (Å²) in [7, 11) is 0. The second-order valence-corrected chi connectivity index (χ2v) is 14.7. The molecule has 1 aromatic rings. The predicted molar refractivity (Wildman–Crippen MR) is 208 cm³/mol. The zero-order chi connectivity index (χ0) is 41.2. The van der Waals surface area contributed by atoms with E-state index in [9.17, 15) is 38.4 Å². The number of carbonyl (C=O) groups excluding carboxylic acids is 8. The number of hydrogen-bond acceptors (Lipinski definition) is 9. The van der Waals surface area contributed by atoms with Crippen LogP contribution in [0.25, 0.3) is 0 Å². The lowest BCUT2D eigenvalue weighted by Gasteiger charge is -2.31. The van der Waals surface area contributed by atoms with Gasteiger partial charge >= 0.3 is 0 Å². The summed E-state index contributed by atoms with van der Waals surface area (Å²) in [6.07, 6.45) is 2.35. The molecule has 17 nitrogen and oxygen atoms in total. The molecule has 2 fully saturated rings. The first-order valence-corrected chi connectivity index (χ1v) is 19.6. The van der Waals surface area contributed by atoms with Crippen LogP contribution >= 0.6 is 0 Å². The molecule has 3 rings (SSSR count). The quantitative estimate of drug-likeness (QED) is 0.0791. The van der Waals surface area contributed by atoms with Crippen LogP contribution in [0.3, 0.4) is 0 Å². The average molecular weight is 782 g/mol. The number of hydrogen-bond donors (Lipinski definition) is 7. The van der Waals surface area contributed by atoms with Crippen molar-refractivity contribution in [3.05, 3.63) is 35.9 Å². The highest BCUT2D eigenvalue weighted by atomic mass is 16.2. The molecule has 308 valence electrons. The molecule has 56 heavy (non-hydrogen) atoms. The summed E-state index contributed by atoms with van der Waals surface area (Å²) in [5.74, 6) is -6.10. The molecule has 2 aliphatic rings. The van der Waals surface area contributed by atoms with Gasteiger partial charge in [0.15, 0.2) is 11.7 Å².